The van der Waals surface area contributed by atoms with Crippen LogP contribution in [0, 0.1) is 0 Å². The second kappa shape index (κ2) is 3.64. The van der Waals surface area contributed by atoms with Crippen molar-refractivity contribution in [2.45, 2.75) is 11.5 Å². The van der Waals surface area contributed by atoms with Crippen molar-refractivity contribution in [2.24, 2.45) is 0 Å². The first-order chi connectivity index (χ1) is 5.91. The molecule has 0 aromatic carbocycles. The lowest BCUT2D eigenvalue weighted by Crippen LogP contribution is -2.22. The standard InChI is InChI=1S/C7H5Cl2F2NO/c8-6(13)12-5-1-2-7(9,11)3-4(5)10/h1-2H,3H2,(H,12,13). The molecule has 6 heteroatoms. The van der Waals surface area contributed by atoms with Gasteiger partial charge in [-0.1, -0.05) is 11.6 Å². The molecule has 0 saturated carbocycles. The number of halogens is 4. The van der Waals surface area contributed by atoms with Crippen LogP contribution in [0.25, 0.3) is 0 Å². The number of amides is 1. The minimum absolute atomic E-state index is 0.158. The van der Waals surface area contributed by atoms with E-state index in [4.69, 9.17) is 23.2 Å². The molecule has 0 aromatic rings. The molecule has 0 heterocycles. The van der Waals surface area contributed by atoms with Crippen LogP contribution in [0.1, 0.15) is 6.42 Å². The summed E-state index contributed by atoms with van der Waals surface area (Å²) in [5.74, 6) is -0.839. The highest BCUT2D eigenvalue weighted by Gasteiger charge is 2.29. The largest absolute Gasteiger partial charge is 0.318 e. The van der Waals surface area contributed by atoms with E-state index in [9.17, 15) is 13.6 Å². The van der Waals surface area contributed by atoms with Crippen LogP contribution in [0.2, 0.25) is 0 Å². The number of alkyl halides is 2. The molecule has 13 heavy (non-hydrogen) atoms. The zero-order valence-corrected chi connectivity index (χ0v) is 7.79. The molecule has 72 valence electrons. The van der Waals surface area contributed by atoms with Crippen molar-refractivity contribution < 1.29 is 13.6 Å². The molecular weight excluding hydrogens is 223 g/mol. The second-order valence-electron chi connectivity index (χ2n) is 2.49. The zero-order chi connectivity index (χ0) is 10.1. The minimum Gasteiger partial charge on any atom is -0.310 e. The lowest BCUT2D eigenvalue weighted by atomic mass is 10.1. The Bertz CT molecular complexity index is 299. The van der Waals surface area contributed by atoms with Crippen LogP contribution >= 0.6 is 23.2 Å². The van der Waals surface area contributed by atoms with Crippen LogP contribution in [-0.4, -0.2) is 10.5 Å². The lowest BCUT2D eigenvalue weighted by molar-refractivity contribution is 0.261. The first-order valence-electron chi connectivity index (χ1n) is 3.33. The van der Waals surface area contributed by atoms with Crippen LogP contribution in [-0.2, 0) is 0 Å². The average Bonchev–Trinajstić information content (AvgIpc) is 1.93. The Labute approximate surface area is 83.2 Å². The van der Waals surface area contributed by atoms with E-state index >= 15 is 0 Å². The Hall–Kier alpha value is -0.610. The first kappa shape index (κ1) is 10.5. The molecule has 0 fully saturated rings. The third-order valence-electron chi connectivity index (χ3n) is 1.41. The number of hydrogen-bond acceptors (Lipinski definition) is 1. The Morgan fingerprint density at radius 3 is 2.77 bits per heavy atom. The van der Waals surface area contributed by atoms with E-state index < -0.39 is 22.7 Å². The minimum atomic E-state index is -2.22. The van der Waals surface area contributed by atoms with Crippen LogP contribution < -0.4 is 5.32 Å². The van der Waals surface area contributed by atoms with Gasteiger partial charge in [-0.25, -0.2) is 8.78 Å². The predicted molar refractivity (Wildman–Crippen MR) is 46.0 cm³/mol. The van der Waals surface area contributed by atoms with Crippen LogP contribution in [0.15, 0.2) is 23.7 Å². The molecule has 1 unspecified atom stereocenters. The SMILES string of the molecule is O=C(Cl)NC1=C(F)CC(F)(Cl)C=C1. The highest BCUT2D eigenvalue weighted by Crippen LogP contribution is 2.33. The molecule has 0 aliphatic heterocycles. The van der Waals surface area contributed by atoms with Gasteiger partial charge >= 0.3 is 5.37 Å². The second-order valence-corrected chi connectivity index (χ2v) is 3.46. The summed E-state index contributed by atoms with van der Waals surface area (Å²) in [4.78, 5) is 10.3. The molecule has 1 aliphatic carbocycles. The van der Waals surface area contributed by atoms with Gasteiger partial charge in [-0.2, -0.15) is 0 Å². The third kappa shape index (κ3) is 2.97. The van der Waals surface area contributed by atoms with Gasteiger partial charge in [-0.15, -0.1) is 0 Å². The fourth-order valence-corrected chi connectivity index (χ4v) is 1.15. The third-order valence-corrected chi connectivity index (χ3v) is 1.76. The van der Waals surface area contributed by atoms with Crippen LogP contribution in [0.4, 0.5) is 13.6 Å². The van der Waals surface area contributed by atoms with Crippen molar-refractivity contribution in [2.75, 3.05) is 0 Å². The van der Waals surface area contributed by atoms with Crippen molar-refractivity contribution in [3.8, 4) is 0 Å². The van der Waals surface area contributed by atoms with Gasteiger partial charge in [0.2, 0.25) is 5.13 Å². The van der Waals surface area contributed by atoms with Crippen molar-refractivity contribution >= 4 is 28.6 Å². The van der Waals surface area contributed by atoms with Crippen molar-refractivity contribution in [3.05, 3.63) is 23.7 Å². The van der Waals surface area contributed by atoms with Gasteiger partial charge in [0, 0.05) is 0 Å². The Morgan fingerprint density at radius 2 is 2.31 bits per heavy atom. The summed E-state index contributed by atoms with van der Waals surface area (Å²) in [6.45, 7) is 0. The van der Waals surface area contributed by atoms with Gasteiger partial charge < -0.3 is 5.32 Å². The normalized spacial score (nSPS) is 27.7. The summed E-state index contributed by atoms with van der Waals surface area (Å²) in [6.07, 6.45) is 1.36. The fourth-order valence-electron chi connectivity index (χ4n) is 0.872. The van der Waals surface area contributed by atoms with E-state index in [1.165, 1.54) is 0 Å². The van der Waals surface area contributed by atoms with E-state index in [1.807, 2.05) is 5.32 Å². The highest BCUT2D eigenvalue weighted by atomic mass is 35.5. The van der Waals surface area contributed by atoms with E-state index in [1.54, 1.807) is 0 Å². The number of hydrogen-bond donors (Lipinski definition) is 1. The molecule has 1 N–H and O–H groups in total. The molecule has 1 rings (SSSR count). The molecule has 0 radical (unpaired) electrons. The van der Waals surface area contributed by atoms with Gasteiger partial charge in [-0.3, -0.25) is 4.79 Å². The van der Waals surface area contributed by atoms with Crippen LogP contribution in [0.3, 0.4) is 0 Å². The van der Waals surface area contributed by atoms with E-state index in [0.29, 0.717) is 0 Å². The average molecular weight is 228 g/mol. The molecule has 0 spiro atoms. The van der Waals surface area contributed by atoms with Crippen molar-refractivity contribution in [3.63, 3.8) is 0 Å². The number of carbonyl (C=O) groups is 1. The summed E-state index contributed by atoms with van der Waals surface area (Å²) in [5.41, 5.74) is -0.158. The Kier molecular flexibility index (Phi) is 2.93. The summed E-state index contributed by atoms with van der Waals surface area (Å²) in [6, 6.07) is 0. The predicted octanol–water partition coefficient (Wildman–Crippen LogP) is 2.98. The van der Waals surface area contributed by atoms with Gasteiger partial charge in [-0.05, 0) is 23.8 Å². The molecule has 1 aliphatic rings. The van der Waals surface area contributed by atoms with E-state index in [-0.39, 0.29) is 5.70 Å². The molecular formula is C7H5Cl2F2NO. The molecule has 0 bridgehead atoms. The zero-order valence-electron chi connectivity index (χ0n) is 6.28. The van der Waals surface area contributed by atoms with Gasteiger partial charge in [0.1, 0.15) is 5.83 Å². The smallest absolute Gasteiger partial charge is 0.310 e. The maximum Gasteiger partial charge on any atom is 0.318 e. The molecule has 1 atom stereocenters. The summed E-state index contributed by atoms with van der Waals surface area (Å²) < 4.78 is 25.8. The molecule has 0 saturated heterocycles. The number of carbonyl (C=O) groups excluding carboxylic acids is 1. The van der Waals surface area contributed by atoms with Gasteiger partial charge in [0.05, 0.1) is 12.1 Å². The topological polar surface area (TPSA) is 29.1 Å². The summed E-state index contributed by atoms with van der Waals surface area (Å²) >= 11 is 10.1. The van der Waals surface area contributed by atoms with Gasteiger partial charge in [0.25, 0.3) is 0 Å². The number of rotatable bonds is 1. The number of nitrogens with one attached hydrogen (secondary N) is 1. The Balaban J connectivity index is 2.79. The molecule has 1 amide bonds. The molecule has 2 nitrogen and oxygen atoms in total. The van der Waals surface area contributed by atoms with Gasteiger partial charge in [0.15, 0.2) is 0 Å². The lowest BCUT2D eigenvalue weighted by Gasteiger charge is -2.18. The maximum atomic E-state index is 12.9. The fraction of sp³-hybridized carbons (Fsp3) is 0.286. The Morgan fingerprint density at radius 1 is 1.69 bits per heavy atom. The monoisotopic (exact) mass is 227 g/mol. The first-order valence-corrected chi connectivity index (χ1v) is 4.08. The number of allylic oxidation sites excluding steroid dienone is 3. The highest BCUT2D eigenvalue weighted by molar-refractivity contribution is 6.63. The van der Waals surface area contributed by atoms with E-state index in [0.717, 1.165) is 12.2 Å². The summed E-state index contributed by atoms with van der Waals surface area (Å²) in [5, 5.41) is -1.16. The van der Waals surface area contributed by atoms with E-state index in [2.05, 4.69) is 0 Å². The summed E-state index contributed by atoms with van der Waals surface area (Å²) in [7, 11) is 0. The quantitative estimate of drug-likeness (QED) is 0.417. The maximum absolute atomic E-state index is 12.9. The van der Waals surface area contributed by atoms with Crippen molar-refractivity contribution in [1.82, 2.24) is 5.32 Å². The van der Waals surface area contributed by atoms with Crippen LogP contribution in [0.5, 0.6) is 0 Å². The van der Waals surface area contributed by atoms with Crippen molar-refractivity contribution in [1.29, 1.82) is 0 Å². The molecule has 0 aromatic heterocycles.